The zero-order chi connectivity index (χ0) is 29.1. The molecule has 0 aromatic heterocycles. The van der Waals surface area contributed by atoms with Gasteiger partial charge in [0.15, 0.2) is 4.84 Å². The van der Waals surface area contributed by atoms with E-state index in [9.17, 15) is 41.4 Å². The standard InChI is InChI=1S/C21H28Cl2N4O9S2/c1-3-37(33,34)26(38(35,36)4-2)13-9-8-12-16(20(29)30)24-27(25-19(28)18(22)23)17(21(31)32)14-15-10-6-5-7-11-15/h3-7,10-11,16-18,24H,1-2,8-9,12-14H2,(H,25,28)(H,29,30)(H,31,32)/t16-,17-/m0/s1. The molecule has 38 heavy (non-hydrogen) atoms. The molecule has 0 bridgehead atoms. The van der Waals surface area contributed by atoms with Gasteiger partial charge in [0.1, 0.15) is 12.1 Å². The van der Waals surface area contributed by atoms with Gasteiger partial charge in [-0.05, 0) is 24.8 Å². The van der Waals surface area contributed by atoms with Crippen LogP contribution in [0.5, 0.6) is 0 Å². The van der Waals surface area contributed by atoms with Crippen LogP contribution >= 0.6 is 23.2 Å². The number of carboxylic acids is 2. The molecule has 212 valence electrons. The van der Waals surface area contributed by atoms with Crippen molar-refractivity contribution in [2.75, 3.05) is 6.54 Å². The number of sulfonamides is 2. The van der Waals surface area contributed by atoms with E-state index in [-0.39, 0.29) is 29.4 Å². The molecule has 4 N–H and O–H groups in total. The van der Waals surface area contributed by atoms with E-state index in [2.05, 4.69) is 24.0 Å². The highest BCUT2D eigenvalue weighted by Crippen LogP contribution is 2.15. The van der Waals surface area contributed by atoms with Crippen molar-refractivity contribution in [1.82, 2.24) is 19.7 Å². The average molecular weight is 616 g/mol. The second-order valence-corrected chi connectivity index (χ2v) is 12.6. The average Bonchev–Trinajstić information content (AvgIpc) is 2.85. The summed E-state index contributed by atoms with van der Waals surface area (Å²) in [5.41, 5.74) is 5.15. The van der Waals surface area contributed by atoms with Gasteiger partial charge in [0.2, 0.25) is 20.0 Å². The van der Waals surface area contributed by atoms with Crippen LogP contribution in [0.2, 0.25) is 0 Å². The summed E-state index contributed by atoms with van der Waals surface area (Å²) in [4.78, 5) is 34.5. The zero-order valence-electron chi connectivity index (χ0n) is 19.9. The van der Waals surface area contributed by atoms with Crippen LogP contribution < -0.4 is 10.9 Å². The second kappa shape index (κ2) is 15.2. The van der Waals surface area contributed by atoms with Gasteiger partial charge in [-0.1, -0.05) is 70.4 Å². The Bertz CT molecular complexity index is 1170. The highest BCUT2D eigenvalue weighted by atomic mass is 35.5. The van der Waals surface area contributed by atoms with Crippen LogP contribution in [0.15, 0.2) is 54.3 Å². The molecule has 0 unspecified atom stereocenters. The number of hydrogen-bond donors (Lipinski definition) is 4. The van der Waals surface area contributed by atoms with E-state index in [1.807, 2.05) is 0 Å². The lowest BCUT2D eigenvalue weighted by Gasteiger charge is -2.32. The second-order valence-electron chi connectivity index (χ2n) is 7.63. The third-order valence-corrected chi connectivity index (χ3v) is 8.95. The first-order valence-electron chi connectivity index (χ1n) is 10.8. The van der Waals surface area contributed by atoms with Crippen LogP contribution in [-0.2, 0) is 40.9 Å². The summed E-state index contributed by atoms with van der Waals surface area (Å²) in [6.07, 6.45) is -0.499. The minimum Gasteiger partial charge on any atom is -0.480 e. The summed E-state index contributed by atoms with van der Waals surface area (Å²) in [7, 11) is -8.76. The fraction of sp³-hybridized carbons (Fsp3) is 0.381. The molecule has 2 atom stereocenters. The van der Waals surface area contributed by atoms with Gasteiger partial charge in [-0.2, -0.15) is 0 Å². The molecule has 1 rings (SSSR count). The van der Waals surface area contributed by atoms with E-state index in [0.717, 1.165) is 0 Å². The molecular weight excluding hydrogens is 587 g/mol. The molecule has 0 aliphatic rings. The lowest BCUT2D eigenvalue weighted by Crippen LogP contribution is -2.63. The Morgan fingerprint density at radius 2 is 1.50 bits per heavy atom. The van der Waals surface area contributed by atoms with Crippen molar-refractivity contribution in [3.8, 4) is 0 Å². The van der Waals surface area contributed by atoms with E-state index in [1.165, 1.54) is 0 Å². The summed E-state index contributed by atoms with van der Waals surface area (Å²) in [5.74, 6) is -3.87. The normalized spacial score (nSPS) is 13.7. The Kier molecular flexibility index (Phi) is 13.4. The van der Waals surface area contributed by atoms with Gasteiger partial charge in [0.05, 0.1) is 0 Å². The molecule has 1 amide bonds. The van der Waals surface area contributed by atoms with Crippen molar-refractivity contribution in [3.05, 3.63) is 59.9 Å². The predicted molar refractivity (Wildman–Crippen MR) is 140 cm³/mol. The van der Waals surface area contributed by atoms with Crippen LogP contribution in [0.4, 0.5) is 0 Å². The molecule has 1 aromatic carbocycles. The highest BCUT2D eigenvalue weighted by Gasteiger charge is 2.33. The number of nitrogens with zero attached hydrogens (tertiary/aromatic N) is 2. The molecule has 13 nitrogen and oxygen atoms in total. The number of amides is 1. The maximum atomic E-state index is 12.1. The van der Waals surface area contributed by atoms with E-state index in [4.69, 9.17) is 23.2 Å². The topological polar surface area (TPSA) is 190 Å². The number of carboxylic acid groups (broad SMARTS) is 2. The molecule has 1 aromatic rings. The number of nitrogens with one attached hydrogen (secondary N) is 2. The largest absolute Gasteiger partial charge is 0.480 e. The van der Waals surface area contributed by atoms with E-state index < -0.39 is 61.4 Å². The van der Waals surface area contributed by atoms with Gasteiger partial charge in [0.25, 0.3) is 5.91 Å². The molecule has 0 saturated carbocycles. The van der Waals surface area contributed by atoms with Crippen molar-refractivity contribution in [1.29, 1.82) is 0 Å². The first-order valence-corrected chi connectivity index (χ1v) is 14.7. The Morgan fingerprint density at radius 3 is 1.95 bits per heavy atom. The highest BCUT2D eigenvalue weighted by molar-refractivity contribution is 8.06. The summed E-state index contributed by atoms with van der Waals surface area (Å²) in [5, 5.41) is 21.1. The first-order chi connectivity index (χ1) is 17.7. The number of hydrazine groups is 2. The summed E-state index contributed by atoms with van der Waals surface area (Å²) in [6, 6.07) is 5.33. The van der Waals surface area contributed by atoms with Crippen molar-refractivity contribution in [2.45, 2.75) is 42.6 Å². The van der Waals surface area contributed by atoms with Gasteiger partial charge < -0.3 is 10.2 Å². The number of alkyl halides is 2. The first kappa shape index (κ1) is 33.5. The Hall–Kier alpha value is -2.53. The predicted octanol–water partition coefficient (Wildman–Crippen LogP) is 1.20. The van der Waals surface area contributed by atoms with Crippen LogP contribution in [0.1, 0.15) is 24.8 Å². The van der Waals surface area contributed by atoms with Crippen molar-refractivity contribution in [3.63, 3.8) is 0 Å². The zero-order valence-corrected chi connectivity index (χ0v) is 23.1. The number of hydrogen-bond acceptors (Lipinski definition) is 9. The molecule has 0 radical (unpaired) electrons. The quantitative estimate of drug-likeness (QED) is 0.105. The van der Waals surface area contributed by atoms with Gasteiger partial charge in [0, 0.05) is 23.8 Å². The number of halogens is 2. The van der Waals surface area contributed by atoms with E-state index >= 15 is 0 Å². The van der Waals surface area contributed by atoms with Gasteiger partial charge in [-0.3, -0.25) is 19.8 Å². The SMILES string of the molecule is C=CS(=O)(=O)N(CCCC[C@H](NN(NC(=O)C(Cl)Cl)[C@@H](Cc1ccccc1)C(=O)O)C(=O)O)S(=O)(=O)C=C. The van der Waals surface area contributed by atoms with Crippen LogP contribution in [0.25, 0.3) is 0 Å². The van der Waals surface area contributed by atoms with Crippen LogP contribution in [0, 0.1) is 0 Å². The summed E-state index contributed by atoms with van der Waals surface area (Å²) >= 11 is 11.1. The minimum atomic E-state index is -4.38. The van der Waals surface area contributed by atoms with Crippen LogP contribution in [-0.4, -0.2) is 77.2 Å². The maximum absolute atomic E-state index is 12.1. The minimum absolute atomic E-state index is 0.0222. The number of aliphatic carboxylic acids is 2. The Morgan fingerprint density at radius 1 is 0.947 bits per heavy atom. The molecular formula is C21H28Cl2N4O9S2. The smallest absolute Gasteiger partial charge is 0.324 e. The third-order valence-electron chi connectivity index (χ3n) is 4.96. The Labute approximate surface area is 230 Å². The van der Waals surface area contributed by atoms with Gasteiger partial charge in [-0.25, -0.2) is 22.3 Å². The number of unbranched alkanes of at least 4 members (excludes halogenated alkanes) is 1. The molecule has 0 aliphatic carbocycles. The molecule has 0 saturated heterocycles. The number of carbonyl (C=O) groups excluding carboxylic acids is 1. The molecule has 0 aliphatic heterocycles. The molecule has 0 spiro atoms. The van der Waals surface area contributed by atoms with E-state index in [1.54, 1.807) is 30.3 Å². The van der Waals surface area contributed by atoms with Crippen molar-refractivity contribution >= 4 is 61.1 Å². The van der Waals surface area contributed by atoms with E-state index in [0.29, 0.717) is 21.5 Å². The van der Waals surface area contributed by atoms with Crippen molar-refractivity contribution in [2.24, 2.45) is 0 Å². The monoisotopic (exact) mass is 614 g/mol. The molecule has 0 heterocycles. The lowest BCUT2D eigenvalue weighted by molar-refractivity contribution is -0.154. The maximum Gasteiger partial charge on any atom is 0.324 e. The number of benzene rings is 1. The number of rotatable bonds is 18. The molecule has 17 heteroatoms. The third kappa shape index (κ3) is 10.3. The van der Waals surface area contributed by atoms with Crippen LogP contribution in [0.3, 0.4) is 0 Å². The number of carbonyl (C=O) groups is 3. The van der Waals surface area contributed by atoms with Gasteiger partial charge >= 0.3 is 11.9 Å². The van der Waals surface area contributed by atoms with Crippen molar-refractivity contribution < 1.29 is 41.4 Å². The van der Waals surface area contributed by atoms with Gasteiger partial charge in [-0.15, -0.1) is 5.12 Å². The fourth-order valence-electron chi connectivity index (χ4n) is 3.06. The lowest BCUT2D eigenvalue weighted by atomic mass is 10.1. The fourth-order valence-corrected chi connectivity index (χ4v) is 5.78. The summed E-state index contributed by atoms with van der Waals surface area (Å²) in [6.45, 7) is 5.65. The molecule has 0 fully saturated rings. The summed E-state index contributed by atoms with van der Waals surface area (Å²) < 4.78 is 48.5. The Balaban J connectivity index is 3.09.